The molecule has 0 spiro atoms. The topological polar surface area (TPSA) is 126 Å². The van der Waals surface area contributed by atoms with Gasteiger partial charge < -0.3 is 35.1 Å². The van der Waals surface area contributed by atoms with Crippen LogP contribution in [-0.4, -0.2) is 59.7 Å². The molecule has 0 unspecified atom stereocenters. The summed E-state index contributed by atoms with van der Waals surface area (Å²) in [5.41, 5.74) is 0.186. The van der Waals surface area contributed by atoms with Gasteiger partial charge in [-0.05, 0) is 76.0 Å². The molecule has 0 aromatic heterocycles. The Morgan fingerprint density at radius 2 is 1.79 bits per heavy atom. The number of aliphatic hydroxyl groups is 1. The first-order valence-corrected chi connectivity index (χ1v) is 13.9. The SMILES string of the molecule is CCCCNC(=O)[C@H](C)C[C@H](O)[C@H](C[C@H](Cc1cc(O)c2c(c1)OCCO2)C(C)C)NC(=O)OC(C)(C)C. The number of hydrogen-bond acceptors (Lipinski definition) is 7. The number of phenols is 1. The van der Waals surface area contributed by atoms with Gasteiger partial charge in [-0.15, -0.1) is 0 Å². The van der Waals surface area contributed by atoms with Crippen LogP contribution in [0.1, 0.15) is 79.7 Å². The lowest BCUT2D eigenvalue weighted by molar-refractivity contribution is -0.125. The van der Waals surface area contributed by atoms with E-state index in [-0.39, 0.29) is 29.9 Å². The van der Waals surface area contributed by atoms with E-state index in [9.17, 15) is 19.8 Å². The first kappa shape index (κ1) is 31.5. The monoisotopic (exact) mass is 536 g/mol. The summed E-state index contributed by atoms with van der Waals surface area (Å²) in [6, 6.07) is 2.92. The average molecular weight is 537 g/mol. The fourth-order valence-corrected chi connectivity index (χ4v) is 4.50. The maximum absolute atomic E-state index is 12.7. The molecule has 0 saturated heterocycles. The van der Waals surface area contributed by atoms with Gasteiger partial charge in [0.1, 0.15) is 18.8 Å². The van der Waals surface area contributed by atoms with Gasteiger partial charge in [0.05, 0.1) is 12.1 Å². The molecule has 1 heterocycles. The number of ether oxygens (including phenoxy) is 3. The first-order valence-electron chi connectivity index (χ1n) is 13.9. The molecule has 2 amide bonds. The maximum atomic E-state index is 12.7. The molecule has 1 aliphatic rings. The third-order valence-electron chi connectivity index (χ3n) is 6.72. The zero-order valence-corrected chi connectivity index (χ0v) is 24.1. The minimum atomic E-state index is -0.954. The van der Waals surface area contributed by atoms with Crippen molar-refractivity contribution in [2.75, 3.05) is 19.8 Å². The number of carbonyl (C=O) groups is 2. The van der Waals surface area contributed by atoms with Crippen molar-refractivity contribution in [2.24, 2.45) is 17.8 Å². The van der Waals surface area contributed by atoms with Gasteiger partial charge in [-0.2, -0.15) is 0 Å². The highest BCUT2D eigenvalue weighted by Crippen LogP contribution is 2.40. The van der Waals surface area contributed by atoms with Crippen LogP contribution in [0.5, 0.6) is 17.2 Å². The molecule has 216 valence electrons. The van der Waals surface area contributed by atoms with Gasteiger partial charge in [0.2, 0.25) is 11.7 Å². The van der Waals surface area contributed by atoms with Crippen LogP contribution >= 0.6 is 0 Å². The van der Waals surface area contributed by atoms with E-state index in [1.807, 2.05) is 6.07 Å². The molecule has 4 atom stereocenters. The number of aliphatic hydroxyl groups excluding tert-OH is 1. The number of carbonyl (C=O) groups excluding carboxylic acids is 2. The highest BCUT2D eigenvalue weighted by Gasteiger charge is 2.31. The van der Waals surface area contributed by atoms with Crippen LogP contribution in [0.3, 0.4) is 0 Å². The van der Waals surface area contributed by atoms with E-state index in [0.717, 1.165) is 18.4 Å². The average Bonchev–Trinajstić information content (AvgIpc) is 2.81. The number of amides is 2. The van der Waals surface area contributed by atoms with Crippen molar-refractivity contribution in [3.05, 3.63) is 17.7 Å². The second kappa shape index (κ2) is 14.5. The van der Waals surface area contributed by atoms with E-state index in [1.165, 1.54) is 0 Å². The third-order valence-corrected chi connectivity index (χ3v) is 6.72. The fourth-order valence-electron chi connectivity index (χ4n) is 4.50. The first-order chi connectivity index (χ1) is 17.8. The van der Waals surface area contributed by atoms with Gasteiger partial charge in [-0.3, -0.25) is 4.79 Å². The minimum absolute atomic E-state index is 0.0334. The predicted molar refractivity (Wildman–Crippen MR) is 147 cm³/mol. The molecule has 9 nitrogen and oxygen atoms in total. The molecule has 38 heavy (non-hydrogen) atoms. The molecule has 0 fully saturated rings. The second-order valence-electron chi connectivity index (χ2n) is 11.7. The van der Waals surface area contributed by atoms with Crippen LogP contribution < -0.4 is 20.1 Å². The standard InChI is InChI=1S/C29H48N2O7/c1-8-9-10-30-27(34)19(4)13-23(32)22(31-28(35)38-29(5,6)7)17-21(18(2)3)14-20-15-24(33)26-25(16-20)36-11-12-37-26/h15-16,18-19,21-23,32-33H,8-14,17H2,1-7H3,(H,30,34)(H,31,35)/t19-,21+,22+,23+/m1/s1. The summed E-state index contributed by atoms with van der Waals surface area (Å²) in [7, 11) is 0. The number of nitrogens with one attached hydrogen (secondary N) is 2. The summed E-state index contributed by atoms with van der Waals surface area (Å²) < 4.78 is 16.7. The largest absolute Gasteiger partial charge is 0.504 e. The van der Waals surface area contributed by atoms with E-state index in [4.69, 9.17) is 14.2 Å². The van der Waals surface area contributed by atoms with Crippen molar-refractivity contribution >= 4 is 12.0 Å². The quantitative estimate of drug-likeness (QED) is 0.272. The van der Waals surface area contributed by atoms with Crippen molar-refractivity contribution < 1.29 is 34.0 Å². The molecule has 0 radical (unpaired) electrons. The van der Waals surface area contributed by atoms with Gasteiger partial charge >= 0.3 is 6.09 Å². The Bertz CT molecular complexity index is 913. The summed E-state index contributed by atoms with van der Waals surface area (Å²) >= 11 is 0. The van der Waals surface area contributed by atoms with Gasteiger partial charge in [0.25, 0.3) is 0 Å². The maximum Gasteiger partial charge on any atom is 0.407 e. The number of hydrogen-bond donors (Lipinski definition) is 4. The Hall–Kier alpha value is -2.68. The molecule has 1 aromatic carbocycles. The Morgan fingerprint density at radius 3 is 2.42 bits per heavy atom. The number of alkyl carbamates (subject to hydrolysis) is 1. The van der Waals surface area contributed by atoms with Crippen molar-refractivity contribution in [3.63, 3.8) is 0 Å². The van der Waals surface area contributed by atoms with E-state index < -0.39 is 29.8 Å². The Labute approximate surface area is 227 Å². The lowest BCUT2D eigenvalue weighted by Gasteiger charge is -2.32. The lowest BCUT2D eigenvalue weighted by Crippen LogP contribution is -2.48. The number of rotatable bonds is 13. The zero-order chi connectivity index (χ0) is 28.5. The third kappa shape index (κ3) is 10.2. The van der Waals surface area contributed by atoms with Gasteiger partial charge in [0.15, 0.2) is 11.5 Å². The van der Waals surface area contributed by atoms with Crippen molar-refractivity contribution in [2.45, 2.75) is 98.3 Å². The molecule has 9 heteroatoms. The van der Waals surface area contributed by atoms with E-state index in [2.05, 4.69) is 31.4 Å². The number of benzene rings is 1. The molecular weight excluding hydrogens is 488 g/mol. The summed E-state index contributed by atoms with van der Waals surface area (Å²) in [5, 5.41) is 27.5. The highest BCUT2D eigenvalue weighted by atomic mass is 16.6. The van der Waals surface area contributed by atoms with Gasteiger partial charge in [-0.25, -0.2) is 4.79 Å². The molecule has 2 rings (SSSR count). The molecule has 4 N–H and O–H groups in total. The van der Waals surface area contributed by atoms with E-state index in [0.29, 0.717) is 44.1 Å². The Kier molecular flexibility index (Phi) is 12.0. The lowest BCUT2D eigenvalue weighted by atomic mass is 9.81. The van der Waals surface area contributed by atoms with Gasteiger partial charge in [-0.1, -0.05) is 34.1 Å². The zero-order valence-electron chi connectivity index (χ0n) is 24.1. The Morgan fingerprint density at radius 1 is 1.11 bits per heavy atom. The summed E-state index contributed by atoms with van der Waals surface area (Å²) in [6.45, 7) is 14.8. The molecule has 1 aliphatic heterocycles. The van der Waals surface area contributed by atoms with Crippen LogP contribution in [0.2, 0.25) is 0 Å². The van der Waals surface area contributed by atoms with Crippen molar-refractivity contribution in [1.29, 1.82) is 0 Å². The molecule has 0 saturated carbocycles. The smallest absolute Gasteiger partial charge is 0.407 e. The minimum Gasteiger partial charge on any atom is -0.504 e. The molecule has 1 aromatic rings. The van der Waals surface area contributed by atoms with Crippen molar-refractivity contribution in [1.82, 2.24) is 10.6 Å². The highest BCUT2D eigenvalue weighted by molar-refractivity contribution is 5.78. The van der Waals surface area contributed by atoms with E-state index >= 15 is 0 Å². The summed E-state index contributed by atoms with van der Waals surface area (Å²) in [5.74, 6) is 0.617. The molecule has 0 aliphatic carbocycles. The summed E-state index contributed by atoms with van der Waals surface area (Å²) in [4.78, 5) is 25.2. The van der Waals surface area contributed by atoms with Crippen LogP contribution in [0.15, 0.2) is 12.1 Å². The fraction of sp³-hybridized carbons (Fsp3) is 0.724. The van der Waals surface area contributed by atoms with Crippen LogP contribution in [0.25, 0.3) is 0 Å². The van der Waals surface area contributed by atoms with Crippen LogP contribution in [0.4, 0.5) is 4.79 Å². The normalized spacial score (nSPS) is 16.3. The van der Waals surface area contributed by atoms with Gasteiger partial charge in [0, 0.05) is 12.5 Å². The predicted octanol–water partition coefficient (Wildman–Crippen LogP) is 4.56. The van der Waals surface area contributed by atoms with Crippen LogP contribution in [-0.2, 0) is 16.0 Å². The molecule has 0 bridgehead atoms. The molecular formula is C29H48N2O7. The van der Waals surface area contributed by atoms with E-state index in [1.54, 1.807) is 33.8 Å². The number of fused-ring (bicyclic) bond motifs is 1. The van der Waals surface area contributed by atoms with Crippen LogP contribution in [0, 0.1) is 17.8 Å². The number of unbranched alkanes of at least 4 members (excludes halogenated alkanes) is 1. The number of aromatic hydroxyl groups is 1. The summed E-state index contributed by atoms with van der Waals surface area (Å²) in [6.07, 6.45) is 1.57. The second-order valence-corrected chi connectivity index (χ2v) is 11.7. The van der Waals surface area contributed by atoms with Crippen molar-refractivity contribution in [3.8, 4) is 17.2 Å². The Balaban J connectivity index is 2.19. The number of phenolic OH excluding ortho intramolecular Hbond substituents is 1.